The standard InChI is InChI=1S/C17H21ClN2O4/c1-17(2,3)15-8-19(4-5-20(15)16(22)23)12-9-24-14-7-13(21)11(18)6-10(12)14/h6-7,9,15,21H,4-5,8H2,1-3H3,(H,22,23). The fourth-order valence-electron chi connectivity index (χ4n) is 3.24. The molecule has 0 bridgehead atoms. The normalized spacial score (nSPS) is 19.1. The number of fused-ring (bicyclic) bond motifs is 1. The highest BCUT2D eigenvalue weighted by molar-refractivity contribution is 6.33. The van der Waals surface area contributed by atoms with Crippen molar-refractivity contribution in [3.63, 3.8) is 0 Å². The Labute approximate surface area is 145 Å². The minimum atomic E-state index is -0.889. The van der Waals surface area contributed by atoms with Gasteiger partial charge in [0.1, 0.15) is 17.6 Å². The Morgan fingerprint density at radius 1 is 1.33 bits per heavy atom. The third kappa shape index (κ3) is 2.86. The van der Waals surface area contributed by atoms with Gasteiger partial charge in [0, 0.05) is 31.1 Å². The zero-order chi connectivity index (χ0) is 17.6. The van der Waals surface area contributed by atoms with E-state index in [0.29, 0.717) is 25.2 Å². The first-order chi connectivity index (χ1) is 11.2. The number of anilines is 1. The number of carboxylic acid groups (broad SMARTS) is 1. The van der Waals surface area contributed by atoms with Crippen molar-refractivity contribution in [2.75, 3.05) is 24.5 Å². The van der Waals surface area contributed by atoms with Crippen molar-refractivity contribution in [2.45, 2.75) is 26.8 Å². The minimum absolute atomic E-state index is 0.0201. The van der Waals surface area contributed by atoms with E-state index in [-0.39, 0.29) is 22.2 Å². The molecule has 1 aromatic heterocycles. The second-order valence-electron chi connectivity index (χ2n) is 7.22. The second kappa shape index (κ2) is 5.77. The Morgan fingerprint density at radius 2 is 2.04 bits per heavy atom. The van der Waals surface area contributed by atoms with E-state index in [0.717, 1.165) is 11.1 Å². The molecule has 3 rings (SSSR count). The number of hydrogen-bond donors (Lipinski definition) is 2. The summed E-state index contributed by atoms with van der Waals surface area (Å²) in [5.74, 6) is -0.0201. The van der Waals surface area contributed by atoms with Crippen molar-refractivity contribution in [1.82, 2.24) is 4.90 Å². The summed E-state index contributed by atoms with van der Waals surface area (Å²) in [6, 6.07) is 3.04. The fourth-order valence-corrected chi connectivity index (χ4v) is 3.40. The quantitative estimate of drug-likeness (QED) is 0.811. The van der Waals surface area contributed by atoms with Gasteiger partial charge < -0.3 is 24.4 Å². The van der Waals surface area contributed by atoms with Crippen molar-refractivity contribution in [1.29, 1.82) is 0 Å². The van der Waals surface area contributed by atoms with Crippen LogP contribution in [0.25, 0.3) is 11.0 Å². The van der Waals surface area contributed by atoms with Gasteiger partial charge in [0.05, 0.1) is 16.8 Å². The van der Waals surface area contributed by atoms with Gasteiger partial charge in [-0.2, -0.15) is 0 Å². The minimum Gasteiger partial charge on any atom is -0.506 e. The monoisotopic (exact) mass is 352 g/mol. The van der Waals surface area contributed by atoms with Crippen LogP contribution in [0, 0.1) is 5.41 Å². The molecule has 1 fully saturated rings. The number of benzene rings is 1. The van der Waals surface area contributed by atoms with E-state index in [1.54, 1.807) is 12.3 Å². The van der Waals surface area contributed by atoms with Crippen LogP contribution in [0.1, 0.15) is 20.8 Å². The fraction of sp³-hybridized carbons (Fsp3) is 0.471. The predicted octanol–water partition coefficient (Wildman–Crippen LogP) is 4.01. The van der Waals surface area contributed by atoms with Crippen LogP contribution in [0.2, 0.25) is 5.02 Å². The van der Waals surface area contributed by atoms with Crippen molar-refractivity contribution in [3.8, 4) is 5.75 Å². The van der Waals surface area contributed by atoms with E-state index in [9.17, 15) is 15.0 Å². The number of carbonyl (C=O) groups is 1. The predicted molar refractivity (Wildman–Crippen MR) is 93.1 cm³/mol. The van der Waals surface area contributed by atoms with Gasteiger partial charge >= 0.3 is 6.09 Å². The van der Waals surface area contributed by atoms with Gasteiger partial charge in [-0.05, 0) is 11.5 Å². The molecular formula is C17H21ClN2O4. The molecule has 1 amide bonds. The van der Waals surface area contributed by atoms with Crippen LogP contribution in [0.15, 0.2) is 22.8 Å². The molecule has 0 saturated carbocycles. The molecule has 130 valence electrons. The lowest BCUT2D eigenvalue weighted by Crippen LogP contribution is -2.59. The first-order valence-electron chi connectivity index (χ1n) is 7.82. The third-order valence-electron chi connectivity index (χ3n) is 4.59. The van der Waals surface area contributed by atoms with E-state index >= 15 is 0 Å². The number of phenols is 1. The number of aromatic hydroxyl groups is 1. The lowest BCUT2D eigenvalue weighted by Gasteiger charge is -2.46. The zero-order valence-electron chi connectivity index (χ0n) is 13.9. The number of piperazine rings is 1. The molecule has 0 spiro atoms. The molecule has 0 aliphatic carbocycles. The Balaban J connectivity index is 1.96. The van der Waals surface area contributed by atoms with E-state index in [1.807, 2.05) is 20.8 Å². The first kappa shape index (κ1) is 16.8. The number of amides is 1. The molecule has 24 heavy (non-hydrogen) atoms. The summed E-state index contributed by atoms with van der Waals surface area (Å²) in [6.45, 7) is 7.70. The van der Waals surface area contributed by atoms with Gasteiger partial charge in [0.2, 0.25) is 0 Å². The van der Waals surface area contributed by atoms with E-state index < -0.39 is 6.09 Å². The van der Waals surface area contributed by atoms with Gasteiger partial charge in [0.25, 0.3) is 0 Å². The Morgan fingerprint density at radius 3 is 2.67 bits per heavy atom. The largest absolute Gasteiger partial charge is 0.506 e. The SMILES string of the molecule is CC(C)(C)C1CN(c2coc3cc(O)c(Cl)cc23)CCN1C(=O)O. The molecule has 7 heteroatoms. The lowest BCUT2D eigenvalue weighted by molar-refractivity contribution is 0.0749. The van der Waals surface area contributed by atoms with Gasteiger partial charge in [-0.1, -0.05) is 32.4 Å². The van der Waals surface area contributed by atoms with Gasteiger partial charge in [-0.3, -0.25) is 0 Å². The molecular weight excluding hydrogens is 332 g/mol. The van der Waals surface area contributed by atoms with Gasteiger partial charge in [0.15, 0.2) is 0 Å². The Bertz CT molecular complexity index is 781. The van der Waals surface area contributed by atoms with Crippen molar-refractivity contribution >= 4 is 34.4 Å². The molecule has 2 aromatic rings. The van der Waals surface area contributed by atoms with Crippen LogP contribution < -0.4 is 4.90 Å². The smallest absolute Gasteiger partial charge is 0.407 e. The first-order valence-corrected chi connectivity index (χ1v) is 8.20. The summed E-state index contributed by atoms with van der Waals surface area (Å²) in [5, 5.41) is 20.3. The van der Waals surface area contributed by atoms with Crippen molar-refractivity contribution in [2.24, 2.45) is 5.41 Å². The van der Waals surface area contributed by atoms with Crippen molar-refractivity contribution < 1.29 is 19.4 Å². The van der Waals surface area contributed by atoms with E-state index in [1.165, 1.54) is 11.0 Å². The number of rotatable bonds is 1. The number of furan rings is 1. The molecule has 1 unspecified atom stereocenters. The maximum Gasteiger partial charge on any atom is 0.407 e. The highest BCUT2D eigenvalue weighted by Gasteiger charge is 2.38. The summed E-state index contributed by atoms with van der Waals surface area (Å²) < 4.78 is 5.54. The molecule has 0 radical (unpaired) electrons. The van der Waals surface area contributed by atoms with Crippen LogP contribution in [-0.2, 0) is 0 Å². The summed E-state index contributed by atoms with van der Waals surface area (Å²) in [5.41, 5.74) is 1.23. The molecule has 2 heterocycles. The number of hydrogen-bond acceptors (Lipinski definition) is 4. The summed E-state index contributed by atoms with van der Waals surface area (Å²) in [6.07, 6.45) is 0.746. The maximum atomic E-state index is 11.5. The van der Waals surface area contributed by atoms with E-state index in [4.69, 9.17) is 16.0 Å². The average Bonchev–Trinajstić information content (AvgIpc) is 2.89. The molecule has 1 aromatic carbocycles. The highest BCUT2D eigenvalue weighted by Crippen LogP contribution is 2.38. The Hall–Kier alpha value is -2.08. The van der Waals surface area contributed by atoms with Crippen LogP contribution in [-0.4, -0.2) is 46.9 Å². The van der Waals surface area contributed by atoms with E-state index in [2.05, 4.69) is 4.90 Å². The summed E-state index contributed by atoms with van der Waals surface area (Å²) in [4.78, 5) is 15.2. The topological polar surface area (TPSA) is 77.2 Å². The second-order valence-corrected chi connectivity index (χ2v) is 7.63. The van der Waals surface area contributed by atoms with Crippen molar-refractivity contribution in [3.05, 3.63) is 23.4 Å². The van der Waals surface area contributed by atoms with Crippen LogP contribution >= 0.6 is 11.6 Å². The molecule has 6 nitrogen and oxygen atoms in total. The van der Waals surface area contributed by atoms with Gasteiger partial charge in [-0.25, -0.2) is 4.79 Å². The van der Waals surface area contributed by atoms with Crippen LogP contribution in [0.4, 0.5) is 10.5 Å². The Kier molecular flexibility index (Phi) is 4.03. The molecule has 1 atom stereocenters. The molecule has 1 aliphatic heterocycles. The maximum absolute atomic E-state index is 11.5. The molecule has 1 aliphatic rings. The lowest BCUT2D eigenvalue weighted by atomic mass is 9.84. The number of nitrogens with zero attached hydrogens (tertiary/aromatic N) is 2. The highest BCUT2D eigenvalue weighted by atomic mass is 35.5. The van der Waals surface area contributed by atoms with Crippen LogP contribution in [0.5, 0.6) is 5.75 Å². The third-order valence-corrected chi connectivity index (χ3v) is 4.89. The van der Waals surface area contributed by atoms with Crippen LogP contribution in [0.3, 0.4) is 0 Å². The molecule has 2 N–H and O–H groups in total. The number of halogens is 1. The summed E-state index contributed by atoms with van der Waals surface area (Å²) in [7, 11) is 0. The number of phenolic OH excluding ortho intramolecular Hbond substituents is 1. The molecule has 1 saturated heterocycles. The average molecular weight is 353 g/mol. The zero-order valence-corrected chi connectivity index (χ0v) is 14.7. The van der Waals surface area contributed by atoms with Gasteiger partial charge in [-0.15, -0.1) is 0 Å². The summed E-state index contributed by atoms with van der Waals surface area (Å²) >= 11 is 6.03.